The number of hydrogen-bond acceptors (Lipinski definition) is 3. The van der Waals surface area contributed by atoms with Crippen molar-refractivity contribution in [1.29, 1.82) is 0 Å². The third kappa shape index (κ3) is 6.78. The second kappa shape index (κ2) is 12.1. The Kier molecular flexibility index (Phi) is 8.47. The van der Waals surface area contributed by atoms with E-state index in [1.54, 1.807) is 12.1 Å². The SMILES string of the molecule is O=C(CCCNC(=O)c1ccccc1)NCc1ccccc1-c1ccc(CN2CCCC2)cc1. The van der Waals surface area contributed by atoms with E-state index in [1.807, 2.05) is 30.3 Å². The summed E-state index contributed by atoms with van der Waals surface area (Å²) in [6.45, 7) is 4.37. The molecular formula is C29H33N3O2. The molecule has 5 nitrogen and oxygen atoms in total. The second-order valence-electron chi connectivity index (χ2n) is 8.84. The molecule has 0 saturated carbocycles. The van der Waals surface area contributed by atoms with E-state index < -0.39 is 0 Å². The Morgan fingerprint density at radius 2 is 1.50 bits per heavy atom. The number of hydrogen-bond donors (Lipinski definition) is 2. The zero-order chi connectivity index (χ0) is 23.6. The van der Waals surface area contributed by atoms with Crippen LogP contribution < -0.4 is 10.6 Å². The van der Waals surface area contributed by atoms with Gasteiger partial charge in [-0.3, -0.25) is 14.5 Å². The maximum absolute atomic E-state index is 12.4. The first-order valence-corrected chi connectivity index (χ1v) is 12.2. The highest BCUT2D eigenvalue weighted by Gasteiger charge is 2.12. The van der Waals surface area contributed by atoms with E-state index in [4.69, 9.17) is 0 Å². The molecule has 0 radical (unpaired) electrons. The van der Waals surface area contributed by atoms with Crippen molar-refractivity contribution in [2.45, 2.75) is 38.8 Å². The molecule has 2 N–H and O–H groups in total. The fourth-order valence-corrected chi connectivity index (χ4v) is 4.37. The number of nitrogens with one attached hydrogen (secondary N) is 2. The lowest BCUT2D eigenvalue weighted by Gasteiger charge is -2.15. The van der Waals surface area contributed by atoms with Crippen molar-refractivity contribution in [3.63, 3.8) is 0 Å². The Bertz CT molecular complexity index is 1070. The highest BCUT2D eigenvalue weighted by Crippen LogP contribution is 2.25. The van der Waals surface area contributed by atoms with Gasteiger partial charge in [0.05, 0.1) is 0 Å². The normalized spacial score (nSPS) is 13.5. The van der Waals surface area contributed by atoms with Crippen LogP contribution in [-0.4, -0.2) is 36.3 Å². The molecule has 1 saturated heterocycles. The molecule has 2 amide bonds. The van der Waals surface area contributed by atoms with Crippen LogP contribution in [0.3, 0.4) is 0 Å². The summed E-state index contributed by atoms with van der Waals surface area (Å²) in [6, 6.07) is 26.1. The molecule has 0 aromatic heterocycles. The molecule has 1 aliphatic heterocycles. The Labute approximate surface area is 202 Å². The summed E-state index contributed by atoms with van der Waals surface area (Å²) in [5.74, 6) is -0.119. The summed E-state index contributed by atoms with van der Waals surface area (Å²) in [7, 11) is 0. The van der Waals surface area contributed by atoms with Gasteiger partial charge in [0, 0.05) is 31.6 Å². The Balaban J connectivity index is 1.24. The van der Waals surface area contributed by atoms with Crippen molar-refractivity contribution in [3.05, 3.63) is 95.6 Å². The topological polar surface area (TPSA) is 61.4 Å². The van der Waals surface area contributed by atoms with Crippen LogP contribution in [-0.2, 0) is 17.9 Å². The smallest absolute Gasteiger partial charge is 0.251 e. The molecular weight excluding hydrogens is 422 g/mol. The summed E-state index contributed by atoms with van der Waals surface area (Å²) < 4.78 is 0. The van der Waals surface area contributed by atoms with Crippen LogP contribution in [0.25, 0.3) is 11.1 Å². The number of amides is 2. The summed E-state index contributed by atoms with van der Waals surface area (Å²) in [4.78, 5) is 26.9. The van der Waals surface area contributed by atoms with Gasteiger partial charge in [0.15, 0.2) is 0 Å². The largest absolute Gasteiger partial charge is 0.352 e. The Morgan fingerprint density at radius 1 is 0.794 bits per heavy atom. The highest BCUT2D eigenvalue weighted by atomic mass is 16.2. The minimum atomic E-state index is -0.110. The van der Waals surface area contributed by atoms with Crippen molar-refractivity contribution in [2.75, 3.05) is 19.6 Å². The molecule has 0 unspecified atom stereocenters. The average molecular weight is 456 g/mol. The predicted octanol–water partition coefficient (Wildman–Crippen LogP) is 4.78. The number of carbonyl (C=O) groups is 2. The summed E-state index contributed by atoms with van der Waals surface area (Å²) in [5, 5.41) is 5.89. The fourth-order valence-electron chi connectivity index (χ4n) is 4.37. The van der Waals surface area contributed by atoms with E-state index in [2.05, 4.69) is 51.9 Å². The Hall–Kier alpha value is -3.44. The van der Waals surface area contributed by atoms with Gasteiger partial charge in [0.2, 0.25) is 5.91 Å². The van der Waals surface area contributed by atoms with Crippen molar-refractivity contribution in [1.82, 2.24) is 15.5 Å². The summed E-state index contributed by atoms with van der Waals surface area (Å²) >= 11 is 0. The van der Waals surface area contributed by atoms with Crippen LogP contribution in [0.1, 0.15) is 47.2 Å². The molecule has 176 valence electrons. The molecule has 3 aromatic carbocycles. The van der Waals surface area contributed by atoms with Gasteiger partial charge in [-0.15, -0.1) is 0 Å². The van der Waals surface area contributed by atoms with Gasteiger partial charge in [-0.25, -0.2) is 0 Å². The maximum atomic E-state index is 12.4. The second-order valence-corrected chi connectivity index (χ2v) is 8.84. The number of benzene rings is 3. The van der Waals surface area contributed by atoms with E-state index in [9.17, 15) is 9.59 Å². The molecule has 4 rings (SSSR count). The van der Waals surface area contributed by atoms with Gasteiger partial charge >= 0.3 is 0 Å². The molecule has 0 atom stereocenters. The molecule has 1 aliphatic rings. The zero-order valence-electron chi connectivity index (χ0n) is 19.6. The molecule has 34 heavy (non-hydrogen) atoms. The standard InChI is InChI=1S/C29H33N3O2/c33-28(13-8-18-30-29(34)25-9-2-1-3-10-25)31-21-26-11-4-5-12-27(26)24-16-14-23(15-17-24)22-32-19-6-7-20-32/h1-5,9-12,14-17H,6-8,13,18-22H2,(H,30,34)(H,31,33). The Morgan fingerprint density at radius 3 is 2.26 bits per heavy atom. The van der Waals surface area contributed by atoms with Gasteiger partial charge in [-0.05, 0) is 66.7 Å². The van der Waals surface area contributed by atoms with Crippen LogP contribution in [0.5, 0.6) is 0 Å². The molecule has 0 aliphatic carbocycles. The molecule has 1 fully saturated rings. The number of rotatable bonds is 10. The van der Waals surface area contributed by atoms with Crippen LogP contribution in [0.4, 0.5) is 0 Å². The molecule has 3 aromatic rings. The van der Waals surface area contributed by atoms with Crippen LogP contribution in [0, 0.1) is 0 Å². The number of likely N-dealkylation sites (tertiary alicyclic amines) is 1. The van der Waals surface area contributed by atoms with E-state index in [0.717, 1.165) is 17.7 Å². The third-order valence-corrected chi connectivity index (χ3v) is 6.27. The van der Waals surface area contributed by atoms with Crippen molar-refractivity contribution < 1.29 is 9.59 Å². The zero-order valence-corrected chi connectivity index (χ0v) is 19.6. The van der Waals surface area contributed by atoms with E-state index >= 15 is 0 Å². The first kappa shape index (κ1) is 23.7. The van der Waals surface area contributed by atoms with Crippen LogP contribution >= 0.6 is 0 Å². The molecule has 0 bridgehead atoms. The van der Waals surface area contributed by atoms with Crippen LogP contribution in [0.15, 0.2) is 78.9 Å². The van der Waals surface area contributed by atoms with Gasteiger partial charge in [-0.1, -0.05) is 66.7 Å². The van der Waals surface area contributed by atoms with Gasteiger partial charge in [-0.2, -0.15) is 0 Å². The van der Waals surface area contributed by atoms with Crippen molar-refractivity contribution in [2.24, 2.45) is 0 Å². The molecule has 5 heteroatoms. The maximum Gasteiger partial charge on any atom is 0.251 e. The quantitative estimate of drug-likeness (QED) is 0.433. The monoisotopic (exact) mass is 455 g/mol. The van der Waals surface area contributed by atoms with E-state index in [-0.39, 0.29) is 11.8 Å². The number of carbonyl (C=O) groups excluding carboxylic acids is 2. The van der Waals surface area contributed by atoms with Gasteiger partial charge in [0.25, 0.3) is 5.91 Å². The summed E-state index contributed by atoms with van der Waals surface area (Å²) in [5.41, 5.74) is 5.38. The fraction of sp³-hybridized carbons (Fsp3) is 0.310. The van der Waals surface area contributed by atoms with Crippen molar-refractivity contribution in [3.8, 4) is 11.1 Å². The van der Waals surface area contributed by atoms with Crippen LogP contribution in [0.2, 0.25) is 0 Å². The highest BCUT2D eigenvalue weighted by molar-refractivity contribution is 5.94. The average Bonchev–Trinajstić information content (AvgIpc) is 3.39. The van der Waals surface area contributed by atoms with E-state index in [0.29, 0.717) is 31.5 Å². The molecule has 1 heterocycles. The minimum Gasteiger partial charge on any atom is -0.352 e. The van der Waals surface area contributed by atoms with Gasteiger partial charge < -0.3 is 10.6 Å². The predicted molar refractivity (Wildman–Crippen MR) is 136 cm³/mol. The summed E-state index contributed by atoms with van der Waals surface area (Å²) in [6.07, 6.45) is 3.59. The first-order chi connectivity index (χ1) is 16.7. The lowest BCUT2D eigenvalue weighted by Crippen LogP contribution is -2.27. The first-order valence-electron chi connectivity index (χ1n) is 12.2. The van der Waals surface area contributed by atoms with Crippen molar-refractivity contribution >= 4 is 11.8 Å². The lowest BCUT2D eigenvalue weighted by molar-refractivity contribution is -0.121. The van der Waals surface area contributed by atoms with E-state index in [1.165, 1.54) is 37.1 Å². The minimum absolute atomic E-state index is 0.00951. The number of nitrogens with zero attached hydrogens (tertiary/aromatic N) is 1. The lowest BCUT2D eigenvalue weighted by atomic mass is 9.98. The molecule has 0 spiro atoms. The third-order valence-electron chi connectivity index (χ3n) is 6.27. The van der Waals surface area contributed by atoms with Gasteiger partial charge in [0.1, 0.15) is 0 Å².